The monoisotopic (exact) mass is 413 g/mol. The largest absolute Gasteiger partial charge is 0.264 e. The summed E-state index contributed by atoms with van der Waals surface area (Å²) < 4.78 is 42.1. The number of aryl methyl sites for hydroxylation is 1. The quantitative estimate of drug-likeness (QED) is 0.550. The lowest BCUT2D eigenvalue weighted by Gasteiger charge is -2.27. The van der Waals surface area contributed by atoms with E-state index in [2.05, 4.69) is 0 Å². The summed E-state index contributed by atoms with van der Waals surface area (Å²) >= 11 is 1.61. The van der Waals surface area contributed by atoms with Gasteiger partial charge in [-0.1, -0.05) is 35.9 Å². The maximum Gasteiger partial charge on any atom is 0.264 e. The summed E-state index contributed by atoms with van der Waals surface area (Å²) in [6.45, 7) is 1.92. The number of thioether (sulfide) groups is 1. The van der Waals surface area contributed by atoms with Crippen LogP contribution in [0.3, 0.4) is 0 Å². The summed E-state index contributed by atoms with van der Waals surface area (Å²) in [7, 11) is -3.74. The average molecular weight is 414 g/mol. The van der Waals surface area contributed by atoms with Gasteiger partial charge in [-0.15, -0.1) is 11.8 Å². The molecule has 0 N–H and O–H groups in total. The fourth-order valence-electron chi connectivity index (χ4n) is 3.45. The lowest BCUT2D eigenvalue weighted by atomic mass is 10.1. The molecule has 0 spiro atoms. The zero-order chi connectivity index (χ0) is 19.7. The molecule has 0 unspecified atom stereocenters. The molecular weight excluding hydrogens is 393 g/mol. The Balaban J connectivity index is 1.70. The molecule has 144 valence electrons. The van der Waals surface area contributed by atoms with Gasteiger partial charge < -0.3 is 0 Å². The summed E-state index contributed by atoms with van der Waals surface area (Å²) in [6, 6.07) is 20.8. The van der Waals surface area contributed by atoms with Crippen LogP contribution in [-0.4, -0.2) is 20.2 Å². The summed E-state index contributed by atoms with van der Waals surface area (Å²) in [4.78, 5) is 1.34. The average Bonchev–Trinajstić information content (AvgIpc) is 3.05. The number of sulfonamides is 1. The van der Waals surface area contributed by atoms with E-state index in [4.69, 9.17) is 0 Å². The lowest BCUT2D eigenvalue weighted by molar-refractivity contribution is 0.585. The predicted molar refractivity (Wildman–Crippen MR) is 112 cm³/mol. The second kappa shape index (κ2) is 7.60. The second-order valence-corrected chi connectivity index (χ2v) is 9.78. The number of hydrogen-bond donors (Lipinski definition) is 0. The number of hydrogen-bond acceptors (Lipinski definition) is 3. The minimum absolute atomic E-state index is 0.255. The van der Waals surface area contributed by atoms with Crippen LogP contribution in [0.1, 0.15) is 11.1 Å². The zero-order valence-corrected chi connectivity index (χ0v) is 17.0. The first kappa shape index (κ1) is 19.0. The van der Waals surface area contributed by atoms with Gasteiger partial charge in [-0.05, 0) is 61.4 Å². The molecule has 28 heavy (non-hydrogen) atoms. The number of fused-ring (bicyclic) bond motifs is 1. The van der Waals surface area contributed by atoms with Gasteiger partial charge in [0.1, 0.15) is 5.82 Å². The van der Waals surface area contributed by atoms with Crippen molar-refractivity contribution >= 4 is 27.5 Å². The molecular formula is C22H20FNO2S2. The van der Waals surface area contributed by atoms with Gasteiger partial charge in [-0.25, -0.2) is 12.8 Å². The van der Waals surface area contributed by atoms with E-state index in [1.807, 2.05) is 37.3 Å². The van der Waals surface area contributed by atoms with Gasteiger partial charge in [0.05, 0.1) is 16.6 Å². The number of anilines is 1. The third kappa shape index (κ3) is 3.66. The van der Waals surface area contributed by atoms with E-state index < -0.39 is 10.0 Å². The van der Waals surface area contributed by atoms with Crippen LogP contribution in [0.2, 0.25) is 0 Å². The first-order valence-electron chi connectivity index (χ1n) is 9.02. The van der Waals surface area contributed by atoms with Crippen molar-refractivity contribution in [3.8, 4) is 0 Å². The Bertz CT molecular complexity index is 1080. The maximum absolute atomic E-state index is 13.8. The van der Waals surface area contributed by atoms with Crippen LogP contribution < -0.4 is 4.31 Å². The van der Waals surface area contributed by atoms with Crippen LogP contribution in [-0.2, 0) is 16.4 Å². The Labute approximate surface area is 169 Å². The summed E-state index contributed by atoms with van der Waals surface area (Å²) in [5, 5.41) is 0. The fraction of sp³-hybridized carbons (Fsp3) is 0.182. The van der Waals surface area contributed by atoms with E-state index >= 15 is 0 Å². The lowest BCUT2D eigenvalue weighted by Crippen LogP contribution is -2.39. The van der Waals surface area contributed by atoms with Gasteiger partial charge in [0.25, 0.3) is 10.0 Å². The van der Waals surface area contributed by atoms with Gasteiger partial charge in [0.15, 0.2) is 0 Å². The van der Waals surface area contributed by atoms with Crippen LogP contribution >= 0.6 is 11.8 Å². The molecule has 1 aliphatic heterocycles. The van der Waals surface area contributed by atoms with E-state index in [0.29, 0.717) is 17.9 Å². The minimum Gasteiger partial charge on any atom is -0.262 e. The molecule has 0 saturated carbocycles. The van der Waals surface area contributed by atoms with Gasteiger partial charge in [-0.3, -0.25) is 4.31 Å². The van der Waals surface area contributed by atoms with Crippen LogP contribution in [0.4, 0.5) is 10.1 Å². The highest BCUT2D eigenvalue weighted by Crippen LogP contribution is 2.39. The summed E-state index contributed by atoms with van der Waals surface area (Å²) in [5.74, 6) is 0.244. The van der Waals surface area contributed by atoms with Gasteiger partial charge >= 0.3 is 0 Å². The van der Waals surface area contributed by atoms with Crippen molar-refractivity contribution in [1.29, 1.82) is 0 Å². The molecule has 6 heteroatoms. The smallest absolute Gasteiger partial charge is 0.262 e. The molecule has 3 aromatic carbocycles. The van der Waals surface area contributed by atoms with E-state index in [9.17, 15) is 12.8 Å². The molecule has 0 fully saturated rings. The van der Waals surface area contributed by atoms with Crippen molar-refractivity contribution in [2.24, 2.45) is 0 Å². The standard InChI is InChI=1S/C22H20FNO2S2/c1-16-7-10-21(11-8-16)28(25,26)24-19(15-27-20-5-3-2-4-6-20)14-17-13-18(23)9-12-22(17)24/h2-13,19H,14-15H2,1H3/t19-/m0/s1. The maximum atomic E-state index is 13.8. The predicted octanol–water partition coefficient (Wildman–Crippen LogP) is 5.05. The Hall–Kier alpha value is -2.31. The number of nitrogens with zero attached hydrogens (tertiary/aromatic N) is 1. The number of rotatable bonds is 5. The minimum atomic E-state index is -3.74. The molecule has 0 aromatic heterocycles. The molecule has 0 saturated heterocycles. The summed E-state index contributed by atoms with van der Waals surface area (Å²) in [6.07, 6.45) is 0.498. The summed E-state index contributed by atoms with van der Waals surface area (Å²) in [5.41, 5.74) is 2.30. The molecule has 0 amide bonds. The molecule has 1 aliphatic rings. The third-order valence-electron chi connectivity index (χ3n) is 4.83. The highest BCUT2D eigenvalue weighted by atomic mass is 32.2. The highest BCUT2D eigenvalue weighted by Gasteiger charge is 2.38. The topological polar surface area (TPSA) is 37.4 Å². The first-order valence-corrected chi connectivity index (χ1v) is 11.4. The van der Waals surface area contributed by atoms with Gasteiger partial charge in [-0.2, -0.15) is 0 Å². The van der Waals surface area contributed by atoms with Crippen LogP contribution in [0.15, 0.2) is 82.6 Å². The molecule has 3 aromatic rings. The number of benzene rings is 3. The molecule has 0 bridgehead atoms. The normalized spacial score (nSPS) is 16.2. The molecule has 1 atom stereocenters. The molecule has 1 heterocycles. The van der Waals surface area contributed by atoms with E-state index in [-0.39, 0.29) is 16.8 Å². The second-order valence-electron chi connectivity index (χ2n) is 6.87. The van der Waals surface area contributed by atoms with E-state index in [0.717, 1.165) is 16.0 Å². The van der Waals surface area contributed by atoms with Crippen molar-refractivity contribution in [2.75, 3.05) is 10.1 Å². The SMILES string of the molecule is Cc1ccc(S(=O)(=O)N2c3ccc(F)cc3C[C@H]2CSc2ccccc2)cc1. The van der Waals surface area contributed by atoms with Crippen molar-refractivity contribution in [2.45, 2.75) is 29.2 Å². The Morgan fingerprint density at radius 3 is 2.46 bits per heavy atom. The Morgan fingerprint density at radius 2 is 1.75 bits per heavy atom. The van der Waals surface area contributed by atoms with Crippen molar-refractivity contribution < 1.29 is 12.8 Å². The molecule has 0 aliphatic carbocycles. The third-order valence-corrected chi connectivity index (χ3v) is 7.87. The van der Waals surface area contributed by atoms with E-state index in [1.54, 1.807) is 42.1 Å². The first-order chi connectivity index (χ1) is 13.4. The Morgan fingerprint density at radius 1 is 1.04 bits per heavy atom. The van der Waals surface area contributed by atoms with Crippen molar-refractivity contribution in [3.05, 3.63) is 89.7 Å². The molecule has 4 rings (SSSR count). The Kier molecular flexibility index (Phi) is 5.17. The van der Waals surface area contributed by atoms with E-state index in [1.165, 1.54) is 16.4 Å². The zero-order valence-electron chi connectivity index (χ0n) is 15.4. The van der Waals surface area contributed by atoms with Gasteiger partial charge in [0, 0.05) is 10.6 Å². The van der Waals surface area contributed by atoms with Crippen LogP contribution in [0.5, 0.6) is 0 Å². The fourth-order valence-corrected chi connectivity index (χ4v) is 6.23. The van der Waals surface area contributed by atoms with Crippen molar-refractivity contribution in [3.63, 3.8) is 0 Å². The van der Waals surface area contributed by atoms with Crippen molar-refractivity contribution in [1.82, 2.24) is 0 Å². The highest BCUT2D eigenvalue weighted by molar-refractivity contribution is 7.99. The van der Waals surface area contributed by atoms with Gasteiger partial charge in [0.2, 0.25) is 0 Å². The molecule has 0 radical (unpaired) electrons. The molecule has 3 nitrogen and oxygen atoms in total. The van der Waals surface area contributed by atoms with Crippen LogP contribution in [0.25, 0.3) is 0 Å². The van der Waals surface area contributed by atoms with Crippen LogP contribution in [0, 0.1) is 12.7 Å². The number of halogens is 1.